The van der Waals surface area contributed by atoms with Gasteiger partial charge in [-0.15, -0.1) is 11.3 Å². The quantitative estimate of drug-likeness (QED) is 0.261. The molecule has 0 radical (unpaired) electrons. The van der Waals surface area contributed by atoms with Crippen molar-refractivity contribution >= 4 is 62.7 Å². The molecule has 34 heavy (non-hydrogen) atoms. The van der Waals surface area contributed by atoms with Crippen LogP contribution in [0.5, 0.6) is 5.75 Å². The number of para-hydroxylation sites is 2. The van der Waals surface area contributed by atoms with Crippen molar-refractivity contribution in [1.29, 1.82) is 0 Å². The molecular formula is C26H18ClN3O2S2. The van der Waals surface area contributed by atoms with Crippen molar-refractivity contribution in [3.8, 4) is 5.75 Å². The maximum Gasteiger partial charge on any atom is 0.271 e. The maximum atomic E-state index is 13.5. The number of thioether (sulfide) groups is 1. The topological polar surface area (TPSA) is 54.8 Å². The summed E-state index contributed by atoms with van der Waals surface area (Å²) >= 11 is 9.01. The summed E-state index contributed by atoms with van der Waals surface area (Å²) in [6.45, 7) is 0.327. The Hall–Kier alpha value is -3.39. The number of nitrogens with zero attached hydrogens (tertiary/aromatic N) is 3. The highest BCUT2D eigenvalue weighted by Gasteiger charge is 2.35. The average Bonchev–Trinajstić information content (AvgIpc) is 3.48. The first-order valence-corrected chi connectivity index (χ1v) is 12.5. The van der Waals surface area contributed by atoms with Gasteiger partial charge in [-0.1, -0.05) is 66.2 Å². The van der Waals surface area contributed by atoms with E-state index < -0.39 is 0 Å². The fourth-order valence-electron chi connectivity index (χ4n) is 3.35. The summed E-state index contributed by atoms with van der Waals surface area (Å²) in [5.74, 6) is 0.521. The van der Waals surface area contributed by atoms with Crippen LogP contribution in [-0.2, 0) is 11.4 Å². The molecule has 0 spiro atoms. The highest BCUT2D eigenvalue weighted by atomic mass is 35.5. The zero-order valence-electron chi connectivity index (χ0n) is 17.8. The lowest BCUT2D eigenvalue weighted by atomic mass is 10.1. The molecule has 0 saturated carbocycles. The van der Waals surface area contributed by atoms with Crippen LogP contribution in [0.1, 0.15) is 11.1 Å². The molecule has 1 aliphatic rings. The highest BCUT2D eigenvalue weighted by molar-refractivity contribution is 8.19. The zero-order chi connectivity index (χ0) is 23.3. The average molecular weight is 504 g/mol. The van der Waals surface area contributed by atoms with Crippen molar-refractivity contribution in [2.75, 3.05) is 4.90 Å². The van der Waals surface area contributed by atoms with Crippen LogP contribution >= 0.6 is 34.7 Å². The zero-order valence-corrected chi connectivity index (χ0v) is 20.2. The Balaban J connectivity index is 1.47. The lowest BCUT2D eigenvalue weighted by Gasteiger charge is -2.15. The number of thiazole rings is 1. The molecule has 4 aromatic rings. The number of amidine groups is 1. The van der Waals surface area contributed by atoms with Crippen molar-refractivity contribution in [2.45, 2.75) is 6.61 Å². The molecule has 1 fully saturated rings. The third kappa shape index (κ3) is 4.92. The van der Waals surface area contributed by atoms with Crippen molar-refractivity contribution in [3.63, 3.8) is 0 Å². The van der Waals surface area contributed by atoms with Crippen LogP contribution in [0.4, 0.5) is 10.8 Å². The van der Waals surface area contributed by atoms with Crippen molar-refractivity contribution in [3.05, 3.63) is 111 Å². The SMILES string of the molecule is O=C1/C(=C/c2ccccc2OCc2ccccc2Cl)S/C(=N/c2nccs2)N1c1ccccc1. The third-order valence-electron chi connectivity index (χ3n) is 4.98. The number of anilines is 1. The standard InChI is InChI=1S/C26H18ClN3O2S2/c27-21-12-6-4-9-19(21)17-32-22-13-7-5-8-18(22)16-23-24(31)30(20-10-2-1-3-11-20)26(34-23)29-25-28-14-15-33-25/h1-16H,17H2/b23-16-,29-26+. The number of halogens is 1. The molecule has 5 nitrogen and oxygen atoms in total. The lowest BCUT2D eigenvalue weighted by molar-refractivity contribution is -0.113. The number of aromatic nitrogens is 1. The Morgan fingerprint density at radius 2 is 1.76 bits per heavy atom. The summed E-state index contributed by atoms with van der Waals surface area (Å²) in [5, 5.41) is 3.67. The highest BCUT2D eigenvalue weighted by Crippen LogP contribution is 2.38. The molecule has 1 aromatic heterocycles. The van der Waals surface area contributed by atoms with Gasteiger partial charge in [0.2, 0.25) is 5.13 Å². The minimum Gasteiger partial charge on any atom is -0.488 e. The van der Waals surface area contributed by atoms with Crippen LogP contribution < -0.4 is 9.64 Å². The molecule has 1 amide bonds. The molecular weight excluding hydrogens is 486 g/mol. The number of hydrogen-bond donors (Lipinski definition) is 0. The molecule has 5 rings (SSSR count). The molecule has 0 atom stereocenters. The summed E-state index contributed by atoms with van der Waals surface area (Å²) in [6, 6.07) is 24.7. The third-order valence-corrected chi connectivity index (χ3v) is 6.98. The summed E-state index contributed by atoms with van der Waals surface area (Å²) in [7, 11) is 0. The number of aliphatic imine (C=N–C) groups is 1. The molecule has 0 bridgehead atoms. The van der Waals surface area contributed by atoms with Gasteiger partial charge in [-0.05, 0) is 42.1 Å². The van der Waals surface area contributed by atoms with Gasteiger partial charge in [0.25, 0.3) is 5.91 Å². The van der Waals surface area contributed by atoms with E-state index in [1.54, 1.807) is 11.1 Å². The van der Waals surface area contributed by atoms with E-state index in [4.69, 9.17) is 16.3 Å². The predicted molar refractivity (Wildman–Crippen MR) is 141 cm³/mol. The maximum absolute atomic E-state index is 13.5. The normalized spacial score (nSPS) is 15.9. The number of carbonyl (C=O) groups is 1. The van der Waals surface area contributed by atoms with E-state index in [1.807, 2.05) is 90.3 Å². The van der Waals surface area contributed by atoms with Crippen LogP contribution in [0.25, 0.3) is 6.08 Å². The van der Waals surface area contributed by atoms with Gasteiger partial charge in [-0.2, -0.15) is 4.99 Å². The van der Waals surface area contributed by atoms with Crippen LogP contribution in [0.2, 0.25) is 5.02 Å². The summed E-state index contributed by atoms with van der Waals surface area (Å²) in [4.78, 5) is 24.5. The van der Waals surface area contributed by atoms with E-state index in [0.717, 1.165) is 16.8 Å². The summed E-state index contributed by atoms with van der Waals surface area (Å²) < 4.78 is 6.07. The van der Waals surface area contributed by atoms with Gasteiger partial charge in [-0.3, -0.25) is 9.69 Å². The second kappa shape index (κ2) is 10.3. The van der Waals surface area contributed by atoms with Gasteiger partial charge in [0, 0.05) is 27.7 Å². The van der Waals surface area contributed by atoms with Gasteiger partial charge in [-0.25, -0.2) is 4.98 Å². The minimum atomic E-state index is -0.146. The second-order valence-electron chi connectivity index (χ2n) is 7.21. The number of hydrogen-bond acceptors (Lipinski definition) is 6. The molecule has 8 heteroatoms. The first-order valence-electron chi connectivity index (χ1n) is 10.4. The smallest absolute Gasteiger partial charge is 0.271 e. The van der Waals surface area contributed by atoms with Gasteiger partial charge in [0.15, 0.2) is 5.17 Å². The van der Waals surface area contributed by atoms with Gasteiger partial charge < -0.3 is 4.74 Å². The minimum absolute atomic E-state index is 0.146. The van der Waals surface area contributed by atoms with E-state index in [9.17, 15) is 4.79 Å². The molecule has 2 heterocycles. The number of amides is 1. The van der Waals surface area contributed by atoms with E-state index in [-0.39, 0.29) is 5.91 Å². The van der Waals surface area contributed by atoms with Crippen molar-refractivity contribution < 1.29 is 9.53 Å². The molecule has 0 aliphatic carbocycles. The van der Waals surface area contributed by atoms with Crippen molar-refractivity contribution in [1.82, 2.24) is 4.98 Å². The van der Waals surface area contributed by atoms with Gasteiger partial charge in [0.05, 0.1) is 10.6 Å². The number of carbonyl (C=O) groups excluding carboxylic acids is 1. The number of rotatable bonds is 6. The molecule has 168 valence electrons. The molecule has 3 aromatic carbocycles. The predicted octanol–water partition coefficient (Wildman–Crippen LogP) is 7.18. The van der Waals surface area contributed by atoms with Crippen LogP contribution in [0, 0.1) is 0 Å². The summed E-state index contributed by atoms with van der Waals surface area (Å²) in [6.07, 6.45) is 3.54. The second-order valence-corrected chi connectivity index (χ2v) is 9.50. The van der Waals surface area contributed by atoms with E-state index in [2.05, 4.69) is 9.98 Å². The lowest BCUT2D eigenvalue weighted by Crippen LogP contribution is -2.28. The molecule has 1 aliphatic heterocycles. The number of ether oxygens (including phenoxy) is 1. The monoisotopic (exact) mass is 503 g/mol. The molecule has 0 unspecified atom stereocenters. The van der Waals surface area contributed by atoms with E-state index in [0.29, 0.717) is 32.6 Å². The van der Waals surface area contributed by atoms with Crippen molar-refractivity contribution in [2.24, 2.45) is 4.99 Å². The van der Waals surface area contributed by atoms with Crippen LogP contribution in [0.3, 0.4) is 0 Å². The van der Waals surface area contributed by atoms with Crippen LogP contribution in [-0.4, -0.2) is 16.1 Å². The Kier molecular flexibility index (Phi) is 6.76. The Morgan fingerprint density at radius 1 is 1.00 bits per heavy atom. The van der Waals surface area contributed by atoms with Crippen LogP contribution in [0.15, 0.2) is 100 Å². The summed E-state index contributed by atoms with van der Waals surface area (Å²) in [5.41, 5.74) is 2.45. The molecule has 1 saturated heterocycles. The largest absolute Gasteiger partial charge is 0.488 e. The Bertz CT molecular complexity index is 1370. The van der Waals surface area contributed by atoms with E-state index in [1.165, 1.54) is 23.1 Å². The van der Waals surface area contributed by atoms with Gasteiger partial charge in [0.1, 0.15) is 12.4 Å². The van der Waals surface area contributed by atoms with E-state index >= 15 is 0 Å². The first-order chi connectivity index (χ1) is 16.7. The van der Waals surface area contributed by atoms with Gasteiger partial charge >= 0.3 is 0 Å². The first kappa shape index (κ1) is 22.4. The fourth-order valence-corrected chi connectivity index (χ4v) is 5.08. The fraction of sp³-hybridized carbons (Fsp3) is 0.0385. The molecule has 0 N–H and O–H groups in total. The Labute approximate surface area is 210 Å². The number of benzene rings is 3. The Morgan fingerprint density at radius 3 is 2.56 bits per heavy atom.